The summed E-state index contributed by atoms with van der Waals surface area (Å²) in [4.78, 5) is 12.1. The fourth-order valence-corrected chi connectivity index (χ4v) is 3.30. The van der Waals surface area contributed by atoms with Crippen LogP contribution in [0.3, 0.4) is 0 Å². The second kappa shape index (κ2) is 4.65. The zero-order valence-corrected chi connectivity index (χ0v) is 10.5. The van der Waals surface area contributed by atoms with E-state index in [9.17, 15) is 9.18 Å². The maximum Gasteiger partial charge on any atom is 0.228 e. The maximum absolute atomic E-state index is 13.2. The van der Waals surface area contributed by atoms with E-state index in [-0.39, 0.29) is 17.4 Å². The van der Waals surface area contributed by atoms with E-state index in [2.05, 4.69) is 5.32 Å². The first-order valence-corrected chi connectivity index (χ1v) is 6.71. The highest BCUT2D eigenvalue weighted by Gasteiger charge is 2.54. The molecule has 19 heavy (non-hydrogen) atoms. The number of halogens is 1. The van der Waals surface area contributed by atoms with E-state index in [4.69, 9.17) is 5.26 Å². The second-order valence-electron chi connectivity index (χ2n) is 5.43. The first-order chi connectivity index (χ1) is 9.20. The molecule has 2 aliphatic rings. The van der Waals surface area contributed by atoms with E-state index in [1.54, 1.807) is 6.07 Å². The Balaban J connectivity index is 1.69. The number of hydrogen-bond acceptors (Lipinski definition) is 2. The molecule has 1 N–H and O–H groups in total. The average Bonchev–Trinajstić information content (AvgIpc) is 3.15. The number of hydrogen-bond donors (Lipinski definition) is 1. The van der Waals surface area contributed by atoms with Gasteiger partial charge < -0.3 is 5.32 Å². The predicted octanol–water partition coefficient (Wildman–Crippen LogP) is 3.07. The molecule has 1 aromatic rings. The fraction of sp³-hybridized carbons (Fsp3) is 0.467. The van der Waals surface area contributed by atoms with Crippen LogP contribution in [0.15, 0.2) is 18.2 Å². The van der Waals surface area contributed by atoms with Gasteiger partial charge in [-0.15, -0.1) is 0 Å². The average molecular weight is 258 g/mol. The third-order valence-corrected chi connectivity index (χ3v) is 4.31. The lowest BCUT2D eigenvalue weighted by atomic mass is 10.0. The van der Waals surface area contributed by atoms with E-state index < -0.39 is 5.82 Å². The van der Waals surface area contributed by atoms with Crippen LogP contribution in [0.25, 0.3) is 0 Å². The summed E-state index contributed by atoms with van der Waals surface area (Å²) >= 11 is 0. The smallest absolute Gasteiger partial charge is 0.228 e. The maximum atomic E-state index is 13.2. The van der Waals surface area contributed by atoms with Gasteiger partial charge in [0.05, 0.1) is 5.56 Å². The summed E-state index contributed by atoms with van der Waals surface area (Å²) in [6.07, 6.45) is 4.74. The van der Waals surface area contributed by atoms with Gasteiger partial charge in [0.2, 0.25) is 5.91 Å². The van der Waals surface area contributed by atoms with E-state index in [1.807, 2.05) is 0 Å². The molecule has 0 bridgehead atoms. The second-order valence-corrected chi connectivity index (χ2v) is 5.43. The van der Waals surface area contributed by atoms with Gasteiger partial charge in [0.25, 0.3) is 0 Å². The highest BCUT2D eigenvalue weighted by atomic mass is 19.1. The molecule has 2 unspecified atom stereocenters. The molecule has 1 aromatic carbocycles. The molecule has 1 amide bonds. The van der Waals surface area contributed by atoms with Crippen molar-refractivity contribution in [3.05, 3.63) is 29.6 Å². The number of rotatable bonds is 2. The van der Waals surface area contributed by atoms with Gasteiger partial charge in [-0.3, -0.25) is 4.79 Å². The molecule has 2 aliphatic carbocycles. The third-order valence-electron chi connectivity index (χ3n) is 4.31. The molecule has 0 aromatic heterocycles. The molecule has 2 atom stereocenters. The van der Waals surface area contributed by atoms with Gasteiger partial charge in [0.15, 0.2) is 0 Å². The molecule has 3 nitrogen and oxygen atoms in total. The van der Waals surface area contributed by atoms with Crippen molar-refractivity contribution in [2.75, 3.05) is 5.32 Å². The number of amides is 1. The highest BCUT2D eigenvalue weighted by Crippen LogP contribution is 2.55. The lowest BCUT2D eigenvalue weighted by Gasteiger charge is -2.05. The van der Waals surface area contributed by atoms with Crippen LogP contribution in [0.4, 0.5) is 10.1 Å². The Morgan fingerprint density at radius 3 is 2.63 bits per heavy atom. The van der Waals surface area contributed by atoms with E-state index in [0.717, 1.165) is 12.8 Å². The SMILES string of the molecule is N#Cc1cc(NC(=O)C2C3CCCCC32)ccc1F. The van der Waals surface area contributed by atoms with Gasteiger partial charge in [-0.1, -0.05) is 12.8 Å². The lowest BCUT2D eigenvalue weighted by Crippen LogP contribution is -2.15. The van der Waals surface area contributed by atoms with Gasteiger partial charge in [0.1, 0.15) is 11.9 Å². The van der Waals surface area contributed by atoms with Crippen molar-refractivity contribution in [1.29, 1.82) is 5.26 Å². The minimum absolute atomic E-state index is 0.0207. The van der Waals surface area contributed by atoms with Crippen molar-refractivity contribution in [1.82, 2.24) is 0 Å². The van der Waals surface area contributed by atoms with Crippen LogP contribution in [-0.4, -0.2) is 5.91 Å². The summed E-state index contributed by atoms with van der Waals surface area (Å²) < 4.78 is 13.2. The number of nitrogens with one attached hydrogen (secondary N) is 1. The monoisotopic (exact) mass is 258 g/mol. The Bertz CT molecular complexity index is 552. The van der Waals surface area contributed by atoms with Crippen molar-refractivity contribution in [2.45, 2.75) is 25.7 Å². The highest BCUT2D eigenvalue weighted by molar-refractivity contribution is 5.95. The first-order valence-electron chi connectivity index (χ1n) is 6.71. The van der Waals surface area contributed by atoms with E-state index >= 15 is 0 Å². The minimum Gasteiger partial charge on any atom is -0.326 e. The summed E-state index contributed by atoms with van der Waals surface area (Å²) in [6, 6.07) is 5.88. The Morgan fingerprint density at radius 1 is 1.32 bits per heavy atom. The zero-order valence-electron chi connectivity index (χ0n) is 10.5. The molecule has 0 heterocycles. The molecule has 0 spiro atoms. The molecule has 0 radical (unpaired) electrons. The standard InChI is InChI=1S/C15H15FN2O/c16-13-6-5-10(7-9(13)8-17)18-15(19)14-11-3-1-2-4-12(11)14/h5-7,11-12,14H,1-4H2,(H,18,19). The van der Waals surface area contributed by atoms with Crippen LogP contribution < -0.4 is 5.32 Å². The summed E-state index contributed by atoms with van der Waals surface area (Å²) in [6.45, 7) is 0. The number of anilines is 1. The molecule has 4 heteroatoms. The van der Waals surface area contributed by atoms with Gasteiger partial charge in [-0.2, -0.15) is 5.26 Å². The topological polar surface area (TPSA) is 52.9 Å². The van der Waals surface area contributed by atoms with Crippen LogP contribution in [0.1, 0.15) is 31.2 Å². The van der Waals surface area contributed by atoms with Crippen LogP contribution in [0.5, 0.6) is 0 Å². The Hall–Kier alpha value is -1.89. The molecule has 0 aliphatic heterocycles. The number of carbonyl (C=O) groups excluding carboxylic acids is 1. The summed E-state index contributed by atoms with van der Waals surface area (Å²) in [5.41, 5.74) is 0.470. The van der Waals surface area contributed by atoms with Gasteiger partial charge in [-0.25, -0.2) is 4.39 Å². The number of carbonyl (C=O) groups is 1. The van der Waals surface area contributed by atoms with Crippen molar-refractivity contribution in [2.24, 2.45) is 17.8 Å². The van der Waals surface area contributed by atoms with Crippen molar-refractivity contribution in [3.8, 4) is 6.07 Å². The third kappa shape index (κ3) is 2.21. The predicted molar refractivity (Wildman–Crippen MR) is 68.7 cm³/mol. The largest absolute Gasteiger partial charge is 0.326 e. The zero-order chi connectivity index (χ0) is 13.4. The van der Waals surface area contributed by atoms with Crippen LogP contribution in [0, 0.1) is 34.9 Å². The van der Waals surface area contributed by atoms with Gasteiger partial charge in [-0.05, 0) is 42.9 Å². The molecule has 3 rings (SSSR count). The first kappa shape index (κ1) is 12.2. The molecule has 2 fully saturated rings. The number of nitriles is 1. The number of benzene rings is 1. The molecule has 0 saturated heterocycles. The Kier molecular flexibility index (Phi) is 2.98. The van der Waals surface area contributed by atoms with Crippen molar-refractivity contribution >= 4 is 11.6 Å². The quantitative estimate of drug-likeness (QED) is 0.886. The van der Waals surface area contributed by atoms with Gasteiger partial charge >= 0.3 is 0 Å². The lowest BCUT2D eigenvalue weighted by molar-refractivity contribution is -0.117. The summed E-state index contributed by atoms with van der Waals surface area (Å²) in [7, 11) is 0. The molecular weight excluding hydrogens is 243 g/mol. The Morgan fingerprint density at radius 2 is 2.00 bits per heavy atom. The van der Waals surface area contributed by atoms with Gasteiger partial charge in [0, 0.05) is 11.6 Å². The minimum atomic E-state index is -0.555. The Labute approximate surface area is 111 Å². The number of fused-ring (bicyclic) bond motifs is 1. The van der Waals surface area contributed by atoms with Crippen LogP contribution >= 0.6 is 0 Å². The summed E-state index contributed by atoms with van der Waals surface area (Å²) in [5.74, 6) is 0.681. The molecule has 98 valence electrons. The van der Waals surface area contributed by atoms with E-state index in [1.165, 1.54) is 31.0 Å². The van der Waals surface area contributed by atoms with Crippen LogP contribution in [0.2, 0.25) is 0 Å². The van der Waals surface area contributed by atoms with Crippen molar-refractivity contribution in [3.63, 3.8) is 0 Å². The summed E-state index contributed by atoms with van der Waals surface area (Å²) in [5, 5.41) is 11.6. The number of nitrogens with zero attached hydrogens (tertiary/aromatic N) is 1. The van der Waals surface area contributed by atoms with Crippen LogP contribution in [-0.2, 0) is 4.79 Å². The normalized spacial score (nSPS) is 28.1. The van der Waals surface area contributed by atoms with Crippen molar-refractivity contribution < 1.29 is 9.18 Å². The fourth-order valence-electron chi connectivity index (χ4n) is 3.30. The molecular formula is C15H15FN2O. The molecule has 2 saturated carbocycles. The van der Waals surface area contributed by atoms with E-state index in [0.29, 0.717) is 17.5 Å².